The summed E-state index contributed by atoms with van der Waals surface area (Å²) >= 11 is 1.64. The largest absolute Gasteiger partial charge is 0.386 e. The van der Waals surface area contributed by atoms with Gasteiger partial charge in [0.05, 0.1) is 6.54 Å². The first kappa shape index (κ1) is 21.8. The standard InChI is InChI=1S/C20H29N5OS.HI/c1-2-21-20(22-12-16-14-24-7-9-25(16)10-8-24)23-13-17(26)19-11-15-5-3-4-6-18(15)27-19;/h3-6,11,16-17,26H,2,7-10,12-14H2,1H3,(H2,21,22,23);1H. The van der Waals surface area contributed by atoms with E-state index in [1.165, 1.54) is 36.3 Å². The molecule has 3 saturated heterocycles. The van der Waals surface area contributed by atoms with E-state index < -0.39 is 6.10 Å². The number of hydrogen-bond donors (Lipinski definition) is 3. The molecule has 0 spiro atoms. The van der Waals surface area contributed by atoms with Crippen molar-refractivity contribution in [2.45, 2.75) is 19.1 Å². The Labute approximate surface area is 188 Å². The third-order valence-electron chi connectivity index (χ3n) is 5.44. The molecular formula is C20H30IN5OS. The minimum absolute atomic E-state index is 0. The highest BCUT2D eigenvalue weighted by molar-refractivity contribution is 14.0. The number of thiophene rings is 1. The van der Waals surface area contributed by atoms with Crippen molar-refractivity contribution < 1.29 is 5.11 Å². The molecule has 2 atom stereocenters. The summed E-state index contributed by atoms with van der Waals surface area (Å²) in [5.41, 5.74) is 0. The minimum atomic E-state index is -0.571. The Morgan fingerprint density at radius 2 is 2.04 bits per heavy atom. The van der Waals surface area contributed by atoms with E-state index in [-0.39, 0.29) is 24.0 Å². The molecule has 154 valence electrons. The normalized spacial score (nSPS) is 25.4. The Morgan fingerprint density at radius 1 is 1.25 bits per heavy atom. The molecule has 28 heavy (non-hydrogen) atoms. The van der Waals surface area contributed by atoms with Crippen molar-refractivity contribution in [3.05, 3.63) is 35.2 Å². The van der Waals surface area contributed by atoms with Gasteiger partial charge in [0, 0.05) is 61.4 Å². The lowest BCUT2D eigenvalue weighted by molar-refractivity contribution is 0.0154. The van der Waals surface area contributed by atoms with Crippen molar-refractivity contribution in [2.75, 3.05) is 52.4 Å². The van der Waals surface area contributed by atoms with Gasteiger partial charge in [-0.1, -0.05) is 18.2 Å². The number of guanidine groups is 1. The van der Waals surface area contributed by atoms with E-state index in [2.05, 4.69) is 50.5 Å². The van der Waals surface area contributed by atoms with Gasteiger partial charge in [0.1, 0.15) is 6.10 Å². The molecule has 8 heteroatoms. The number of fused-ring (bicyclic) bond motifs is 4. The second-order valence-electron chi connectivity index (χ2n) is 7.29. The van der Waals surface area contributed by atoms with E-state index >= 15 is 0 Å². The van der Waals surface area contributed by atoms with Gasteiger partial charge in [0.25, 0.3) is 0 Å². The van der Waals surface area contributed by atoms with Crippen LogP contribution in [0.25, 0.3) is 10.1 Å². The number of rotatable bonds is 6. The Kier molecular flexibility index (Phi) is 7.93. The Morgan fingerprint density at radius 3 is 2.71 bits per heavy atom. The van der Waals surface area contributed by atoms with Gasteiger partial charge in [-0.25, -0.2) is 0 Å². The quantitative estimate of drug-likeness (QED) is 0.313. The fourth-order valence-corrected chi connectivity index (χ4v) is 4.95. The summed E-state index contributed by atoms with van der Waals surface area (Å²) in [5, 5.41) is 18.5. The molecule has 2 aromatic rings. The van der Waals surface area contributed by atoms with Gasteiger partial charge in [0.2, 0.25) is 0 Å². The van der Waals surface area contributed by atoms with Crippen LogP contribution in [0.5, 0.6) is 0 Å². The third kappa shape index (κ3) is 5.15. The number of aliphatic hydroxyl groups excluding tert-OH is 1. The summed E-state index contributed by atoms with van der Waals surface area (Å²) in [6.07, 6.45) is -0.571. The lowest BCUT2D eigenvalue weighted by atomic mass is 10.1. The van der Waals surface area contributed by atoms with Gasteiger partial charge in [0.15, 0.2) is 5.96 Å². The van der Waals surface area contributed by atoms with E-state index in [9.17, 15) is 5.11 Å². The van der Waals surface area contributed by atoms with Crippen molar-refractivity contribution in [3.63, 3.8) is 0 Å². The number of nitrogens with zero attached hydrogens (tertiary/aromatic N) is 3. The summed E-state index contributed by atoms with van der Waals surface area (Å²) in [6.45, 7) is 10.0. The molecule has 2 bridgehead atoms. The lowest BCUT2D eigenvalue weighted by Crippen LogP contribution is -2.63. The average molecular weight is 515 g/mol. The van der Waals surface area contributed by atoms with Gasteiger partial charge in [-0.3, -0.25) is 14.8 Å². The number of nitrogens with one attached hydrogen (secondary N) is 2. The molecule has 6 nitrogen and oxygen atoms in total. The highest BCUT2D eigenvalue weighted by Crippen LogP contribution is 2.29. The van der Waals surface area contributed by atoms with E-state index in [1.807, 2.05) is 12.1 Å². The molecule has 4 heterocycles. The number of aliphatic imine (C=N–C) groups is 1. The number of aliphatic hydroxyl groups is 1. The van der Waals surface area contributed by atoms with Gasteiger partial charge < -0.3 is 15.7 Å². The topological polar surface area (TPSA) is 63.1 Å². The smallest absolute Gasteiger partial charge is 0.191 e. The van der Waals surface area contributed by atoms with E-state index in [1.54, 1.807) is 11.3 Å². The SMILES string of the molecule is CCNC(=NCC(O)c1cc2ccccc2s1)NCC1CN2CCN1CC2.I. The van der Waals surface area contributed by atoms with Crippen molar-refractivity contribution >= 4 is 51.4 Å². The van der Waals surface area contributed by atoms with Crippen LogP contribution in [0.15, 0.2) is 35.3 Å². The van der Waals surface area contributed by atoms with Gasteiger partial charge in [-0.2, -0.15) is 0 Å². The maximum atomic E-state index is 10.6. The number of piperazine rings is 3. The Balaban J connectivity index is 0.00000225. The average Bonchev–Trinajstić information content (AvgIpc) is 3.15. The predicted molar refractivity (Wildman–Crippen MR) is 128 cm³/mol. The van der Waals surface area contributed by atoms with Crippen LogP contribution < -0.4 is 10.6 Å². The monoisotopic (exact) mass is 515 g/mol. The fraction of sp³-hybridized carbons (Fsp3) is 0.550. The van der Waals surface area contributed by atoms with Crippen molar-refractivity contribution in [2.24, 2.45) is 4.99 Å². The second kappa shape index (κ2) is 10.2. The molecule has 3 aliphatic rings. The highest BCUT2D eigenvalue weighted by Gasteiger charge is 2.31. The van der Waals surface area contributed by atoms with E-state index in [4.69, 9.17) is 0 Å². The maximum absolute atomic E-state index is 10.6. The zero-order valence-corrected chi connectivity index (χ0v) is 19.5. The molecule has 0 saturated carbocycles. The molecule has 3 aliphatic heterocycles. The summed E-state index contributed by atoms with van der Waals surface area (Å²) in [7, 11) is 0. The van der Waals surface area contributed by atoms with E-state index in [0.717, 1.165) is 30.5 Å². The maximum Gasteiger partial charge on any atom is 0.191 e. The lowest BCUT2D eigenvalue weighted by Gasteiger charge is -2.47. The van der Waals surface area contributed by atoms with Crippen LogP contribution in [-0.2, 0) is 0 Å². The molecule has 3 fully saturated rings. The van der Waals surface area contributed by atoms with Gasteiger partial charge in [-0.05, 0) is 24.4 Å². The zero-order valence-electron chi connectivity index (χ0n) is 16.3. The highest BCUT2D eigenvalue weighted by atomic mass is 127. The molecule has 0 amide bonds. The summed E-state index contributed by atoms with van der Waals surface area (Å²) < 4.78 is 1.21. The summed E-state index contributed by atoms with van der Waals surface area (Å²) in [5.74, 6) is 0.787. The van der Waals surface area contributed by atoms with Gasteiger partial charge in [-0.15, -0.1) is 35.3 Å². The first-order valence-corrected chi connectivity index (χ1v) is 10.7. The van der Waals surface area contributed by atoms with Crippen molar-refractivity contribution in [1.29, 1.82) is 0 Å². The van der Waals surface area contributed by atoms with E-state index in [0.29, 0.717) is 12.6 Å². The minimum Gasteiger partial charge on any atom is -0.386 e. The first-order valence-electron chi connectivity index (χ1n) is 9.88. The Bertz CT molecular complexity index is 757. The van der Waals surface area contributed by atoms with Crippen LogP contribution in [0, 0.1) is 0 Å². The van der Waals surface area contributed by atoms with Crippen LogP contribution in [0.4, 0.5) is 0 Å². The number of halogens is 1. The molecule has 1 aromatic carbocycles. The number of benzene rings is 1. The van der Waals surface area contributed by atoms with Crippen LogP contribution in [0.2, 0.25) is 0 Å². The Hall–Kier alpha value is -0.940. The van der Waals surface area contributed by atoms with Crippen LogP contribution in [0.3, 0.4) is 0 Å². The summed E-state index contributed by atoms with van der Waals surface area (Å²) in [6, 6.07) is 10.9. The van der Waals surface area contributed by atoms with Crippen molar-refractivity contribution in [1.82, 2.24) is 20.4 Å². The molecule has 1 aromatic heterocycles. The third-order valence-corrected chi connectivity index (χ3v) is 6.65. The summed E-state index contributed by atoms with van der Waals surface area (Å²) in [4.78, 5) is 10.7. The zero-order chi connectivity index (χ0) is 18.6. The first-order chi connectivity index (χ1) is 13.2. The molecule has 2 unspecified atom stereocenters. The second-order valence-corrected chi connectivity index (χ2v) is 8.41. The van der Waals surface area contributed by atoms with Crippen molar-refractivity contribution in [3.8, 4) is 0 Å². The molecule has 0 radical (unpaired) electrons. The van der Waals surface area contributed by atoms with Gasteiger partial charge >= 0.3 is 0 Å². The molecule has 5 rings (SSSR count). The van der Waals surface area contributed by atoms with Crippen LogP contribution in [0.1, 0.15) is 17.9 Å². The molecule has 0 aliphatic carbocycles. The van der Waals surface area contributed by atoms with Crippen LogP contribution >= 0.6 is 35.3 Å². The molecular weight excluding hydrogens is 485 g/mol. The van der Waals surface area contributed by atoms with Crippen LogP contribution in [-0.4, -0.2) is 79.3 Å². The fourth-order valence-electron chi connectivity index (χ4n) is 3.91. The predicted octanol–water partition coefficient (Wildman–Crippen LogP) is 2.11. The molecule has 3 N–H and O–H groups in total. The number of hydrogen-bond acceptors (Lipinski definition) is 5.